The van der Waals surface area contributed by atoms with E-state index in [1.807, 2.05) is 0 Å². The highest BCUT2D eigenvalue weighted by Crippen LogP contribution is 2.41. The van der Waals surface area contributed by atoms with Crippen LogP contribution in [0.25, 0.3) is 0 Å². The van der Waals surface area contributed by atoms with Crippen LogP contribution in [-0.4, -0.2) is 21.2 Å². The lowest BCUT2D eigenvalue weighted by molar-refractivity contribution is 0.374. The summed E-state index contributed by atoms with van der Waals surface area (Å²) in [5.41, 5.74) is 2.66. The monoisotopic (exact) mass is 235 g/mol. The van der Waals surface area contributed by atoms with E-state index >= 15 is 0 Å². The summed E-state index contributed by atoms with van der Waals surface area (Å²) in [6, 6.07) is 6.42. The average Bonchev–Trinajstić information content (AvgIpc) is 2.36. The summed E-state index contributed by atoms with van der Waals surface area (Å²) in [5, 5.41) is 0. The highest BCUT2D eigenvalue weighted by molar-refractivity contribution is 5.62. The van der Waals surface area contributed by atoms with E-state index in [0.29, 0.717) is 0 Å². The van der Waals surface area contributed by atoms with Gasteiger partial charge in [0.25, 0.3) is 0 Å². The fraction of sp³-hybridized carbons (Fsp3) is 0.600. The molecule has 0 aliphatic heterocycles. The first-order chi connectivity index (χ1) is 8.00. The van der Waals surface area contributed by atoms with Crippen molar-refractivity contribution in [3.63, 3.8) is 0 Å². The van der Waals surface area contributed by atoms with Gasteiger partial charge in [-0.2, -0.15) is 0 Å². The third-order valence-electron chi connectivity index (χ3n) is 3.89. The minimum Gasteiger partial charge on any atom is -0.494 e. The van der Waals surface area contributed by atoms with Crippen molar-refractivity contribution in [1.82, 2.24) is 0 Å². The number of nitrogens with zero attached hydrogens (tertiary/aromatic N) is 1. The van der Waals surface area contributed by atoms with Gasteiger partial charge < -0.3 is 9.64 Å². The summed E-state index contributed by atoms with van der Waals surface area (Å²) in [4.78, 5) is 2.11. The molecule has 1 aromatic carbocycles. The van der Waals surface area contributed by atoms with Crippen molar-refractivity contribution in [2.45, 2.75) is 39.0 Å². The Morgan fingerprint density at radius 3 is 2.18 bits per heavy atom. The van der Waals surface area contributed by atoms with Crippen LogP contribution in [-0.2, 0) is 5.41 Å². The highest BCUT2D eigenvalue weighted by atomic mass is 16.5. The lowest BCUT2D eigenvalue weighted by atomic mass is 9.77. The summed E-state index contributed by atoms with van der Waals surface area (Å²) in [6.07, 6.45) is 2.24. The Bertz CT molecular complexity index is 367. The number of methoxy groups -OCH3 is 1. The highest BCUT2D eigenvalue weighted by Gasteiger charge is 2.27. The number of anilines is 1. The van der Waals surface area contributed by atoms with E-state index in [4.69, 9.17) is 4.74 Å². The van der Waals surface area contributed by atoms with E-state index in [-0.39, 0.29) is 5.41 Å². The van der Waals surface area contributed by atoms with E-state index < -0.39 is 0 Å². The second-order valence-corrected chi connectivity index (χ2v) is 5.02. The third kappa shape index (κ3) is 2.56. The van der Waals surface area contributed by atoms with Gasteiger partial charge in [0.15, 0.2) is 0 Å². The number of rotatable bonds is 5. The zero-order valence-corrected chi connectivity index (χ0v) is 12.0. The Kier molecular flexibility index (Phi) is 4.44. The molecule has 0 radical (unpaired) electrons. The number of hydrogen-bond donors (Lipinski definition) is 0. The van der Waals surface area contributed by atoms with Crippen molar-refractivity contribution in [2.75, 3.05) is 26.1 Å². The largest absolute Gasteiger partial charge is 0.494 e. The van der Waals surface area contributed by atoms with Crippen molar-refractivity contribution in [2.24, 2.45) is 0 Å². The van der Waals surface area contributed by atoms with E-state index in [1.54, 1.807) is 7.11 Å². The van der Waals surface area contributed by atoms with Crippen LogP contribution in [0.3, 0.4) is 0 Å². The maximum Gasteiger partial charge on any atom is 0.145 e. The summed E-state index contributed by atoms with van der Waals surface area (Å²) in [6.45, 7) is 6.79. The number of ether oxygens (including phenoxy) is 1. The van der Waals surface area contributed by atoms with Gasteiger partial charge in [-0.05, 0) is 24.3 Å². The van der Waals surface area contributed by atoms with Crippen LogP contribution < -0.4 is 9.64 Å². The van der Waals surface area contributed by atoms with Crippen LogP contribution in [0.1, 0.15) is 39.2 Å². The molecule has 0 spiro atoms. The molecule has 0 N–H and O–H groups in total. The molecule has 0 aliphatic carbocycles. The van der Waals surface area contributed by atoms with Gasteiger partial charge in [0.2, 0.25) is 0 Å². The molecule has 17 heavy (non-hydrogen) atoms. The maximum atomic E-state index is 5.65. The minimum atomic E-state index is 0.192. The lowest BCUT2D eigenvalue weighted by Gasteiger charge is -2.31. The Morgan fingerprint density at radius 2 is 1.76 bits per heavy atom. The van der Waals surface area contributed by atoms with Crippen LogP contribution in [0.2, 0.25) is 0 Å². The van der Waals surface area contributed by atoms with Crippen molar-refractivity contribution in [1.29, 1.82) is 0 Å². The predicted molar refractivity (Wildman–Crippen MR) is 75.3 cm³/mol. The molecule has 0 aliphatic rings. The second-order valence-electron chi connectivity index (χ2n) is 5.02. The molecule has 0 fully saturated rings. The standard InChI is InChI=1S/C15H25NO/c1-7-15(3,8-2)12-10-9-11-13(16(4)5)14(12)17-6/h9-11H,7-8H2,1-6H3. The molecule has 0 unspecified atom stereocenters. The molecule has 1 aromatic rings. The molecular weight excluding hydrogens is 210 g/mol. The Morgan fingerprint density at radius 1 is 1.18 bits per heavy atom. The molecule has 2 nitrogen and oxygen atoms in total. The SMILES string of the molecule is CCC(C)(CC)c1cccc(N(C)C)c1OC. The van der Waals surface area contributed by atoms with Crippen molar-refractivity contribution in [3.05, 3.63) is 23.8 Å². The number of para-hydroxylation sites is 1. The zero-order chi connectivity index (χ0) is 13.1. The molecular formula is C15H25NO. The van der Waals surface area contributed by atoms with E-state index in [0.717, 1.165) is 24.3 Å². The summed E-state index contributed by atoms with van der Waals surface area (Å²) in [7, 11) is 5.87. The van der Waals surface area contributed by atoms with Crippen LogP contribution in [0.15, 0.2) is 18.2 Å². The molecule has 0 atom stereocenters. The predicted octanol–water partition coefficient (Wildman–Crippen LogP) is 3.84. The first-order valence-corrected chi connectivity index (χ1v) is 6.35. The Balaban J connectivity index is 3.38. The van der Waals surface area contributed by atoms with Crippen LogP contribution in [0.5, 0.6) is 5.75 Å². The topological polar surface area (TPSA) is 12.5 Å². The molecule has 2 heteroatoms. The zero-order valence-electron chi connectivity index (χ0n) is 12.0. The first-order valence-electron chi connectivity index (χ1n) is 6.35. The quantitative estimate of drug-likeness (QED) is 0.769. The molecule has 0 aromatic heterocycles. The van der Waals surface area contributed by atoms with Crippen molar-refractivity contribution in [3.8, 4) is 5.75 Å². The average molecular weight is 235 g/mol. The van der Waals surface area contributed by atoms with Crippen LogP contribution in [0.4, 0.5) is 5.69 Å². The van der Waals surface area contributed by atoms with Crippen LogP contribution >= 0.6 is 0 Å². The smallest absolute Gasteiger partial charge is 0.145 e. The second kappa shape index (κ2) is 5.44. The van der Waals surface area contributed by atoms with Crippen molar-refractivity contribution < 1.29 is 4.74 Å². The van der Waals surface area contributed by atoms with E-state index in [1.165, 1.54) is 5.56 Å². The third-order valence-corrected chi connectivity index (χ3v) is 3.89. The van der Waals surface area contributed by atoms with E-state index in [9.17, 15) is 0 Å². The first kappa shape index (κ1) is 13.9. The Hall–Kier alpha value is -1.18. The van der Waals surface area contributed by atoms with Gasteiger partial charge in [0.05, 0.1) is 12.8 Å². The molecule has 0 saturated carbocycles. The van der Waals surface area contributed by atoms with Gasteiger partial charge in [-0.1, -0.05) is 32.9 Å². The van der Waals surface area contributed by atoms with Gasteiger partial charge >= 0.3 is 0 Å². The number of hydrogen-bond acceptors (Lipinski definition) is 2. The summed E-state index contributed by atoms with van der Waals surface area (Å²) >= 11 is 0. The van der Waals surface area contributed by atoms with Crippen molar-refractivity contribution >= 4 is 5.69 Å². The van der Waals surface area contributed by atoms with Crippen LogP contribution in [0, 0.1) is 0 Å². The van der Waals surface area contributed by atoms with Gasteiger partial charge in [-0.3, -0.25) is 0 Å². The molecule has 0 bridgehead atoms. The fourth-order valence-electron chi connectivity index (χ4n) is 2.20. The molecule has 96 valence electrons. The summed E-state index contributed by atoms with van der Waals surface area (Å²) < 4.78 is 5.65. The Labute approximate surface area is 106 Å². The summed E-state index contributed by atoms with van der Waals surface area (Å²) in [5.74, 6) is 1.02. The van der Waals surface area contributed by atoms with Gasteiger partial charge in [0, 0.05) is 19.7 Å². The minimum absolute atomic E-state index is 0.192. The van der Waals surface area contributed by atoms with Gasteiger partial charge in [-0.15, -0.1) is 0 Å². The fourth-order valence-corrected chi connectivity index (χ4v) is 2.20. The normalized spacial score (nSPS) is 11.4. The van der Waals surface area contributed by atoms with Gasteiger partial charge in [0.1, 0.15) is 5.75 Å². The molecule has 0 saturated heterocycles. The van der Waals surface area contributed by atoms with E-state index in [2.05, 4.69) is 58.0 Å². The number of benzene rings is 1. The molecule has 0 amide bonds. The molecule has 0 heterocycles. The van der Waals surface area contributed by atoms with Gasteiger partial charge in [-0.25, -0.2) is 0 Å². The maximum absolute atomic E-state index is 5.65. The molecule has 1 rings (SSSR count). The lowest BCUT2D eigenvalue weighted by Crippen LogP contribution is -2.22.